The maximum Gasteiger partial charge on any atom is 0.343 e. The third-order valence-electron chi connectivity index (χ3n) is 4.67. The lowest BCUT2D eigenvalue weighted by atomic mass is 10.3. The van der Waals surface area contributed by atoms with Crippen LogP contribution in [0.2, 0.25) is 0 Å². The molecule has 0 fully saturated rings. The first-order chi connectivity index (χ1) is 14.6. The van der Waals surface area contributed by atoms with E-state index in [1.54, 1.807) is 37.4 Å². The highest BCUT2D eigenvalue weighted by atomic mass is 32.1. The zero-order chi connectivity index (χ0) is 20.8. The van der Waals surface area contributed by atoms with Gasteiger partial charge in [0.15, 0.2) is 5.65 Å². The number of pyridine rings is 1. The number of hydrogen-bond donors (Lipinski definition) is 0. The maximum absolute atomic E-state index is 13.4. The molecule has 30 heavy (non-hydrogen) atoms. The highest BCUT2D eigenvalue weighted by Crippen LogP contribution is 2.27. The summed E-state index contributed by atoms with van der Waals surface area (Å²) in [7, 11) is 1.56. The number of fused-ring (bicyclic) bond motifs is 2. The Hall–Kier alpha value is -3.85. The van der Waals surface area contributed by atoms with Crippen LogP contribution in [0.25, 0.3) is 32.1 Å². The SMILES string of the molecule is COc1ccc2nc(-n3c(=O)c4cccnc4n(-c4ccc(F)cc4)c3=O)sc2c1. The molecule has 0 unspecified atom stereocenters. The molecule has 0 saturated heterocycles. The molecule has 0 bridgehead atoms. The molecule has 2 aromatic carbocycles. The van der Waals surface area contributed by atoms with Gasteiger partial charge in [0.2, 0.25) is 5.13 Å². The zero-order valence-electron chi connectivity index (χ0n) is 15.6. The molecule has 7 nitrogen and oxygen atoms in total. The summed E-state index contributed by atoms with van der Waals surface area (Å²) in [5.74, 6) is 0.217. The quantitative estimate of drug-likeness (QED) is 0.448. The minimum atomic E-state index is -0.635. The van der Waals surface area contributed by atoms with E-state index in [-0.39, 0.29) is 16.2 Å². The minimum Gasteiger partial charge on any atom is -0.497 e. The summed E-state index contributed by atoms with van der Waals surface area (Å²) in [4.78, 5) is 35.3. The minimum absolute atomic E-state index is 0.193. The van der Waals surface area contributed by atoms with Crippen LogP contribution in [0, 0.1) is 5.82 Å². The van der Waals surface area contributed by atoms with Gasteiger partial charge in [-0.15, -0.1) is 0 Å². The van der Waals surface area contributed by atoms with Gasteiger partial charge in [-0.05, 0) is 54.6 Å². The van der Waals surface area contributed by atoms with Crippen LogP contribution >= 0.6 is 11.3 Å². The van der Waals surface area contributed by atoms with Gasteiger partial charge in [-0.1, -0.05) is 11.3 Å². The van der Waals surface area contributed by atoms with Crippen LogP contribution in [0.5, 0.6) is 5.75 Å². The molecule has 0 saturated carbocycles. The Kier molecular flexibility index (Phi) is 4.18. The standard InChI is InChI=1S/C21H13FN4O3S/c1-29-14-8-9-16-17(11-14)30-20(24-16)26-19(27)15-3-2-10-23-18(15)25(21(26)28)13-6-4-12(22)5-7-13/h2-11H,1H3. The Morgan fingerprint density at radius 2 is 1.83 bits per heavy atom. The Morgan fingerprint density at radius 3 is 2.60 bits per heavy atom. The van der Waals surface area contributed by atoms with Gasteiger partial charge in [0.25, 0.3) is 5.56 Å². The van der Waals surface area contributed by atoms with Crippen molar-refractivity contribution in [1.29, 1.82) is 0 Å². The fourth-order valence-electron chi connectivity index (χ4n) is 3.25. The molecular formula is C21H13FN4O3S. The van der Waals surface area contributed by atoms with Crippen molar-refractivity contribution in [2.24, 2.45) is 0 Å². The van der Waals surface area contributed by atoms with Crippen LogP contribution in [0.15, 0.2) is 70.4 Å². The van der Waals surface area contributed by atoms with E-state index in [2.05, 4.69) is 9.97 Å². The van der Waals surface area contributed by atoms with E-state index in [0.717, 1.165) is 9.27 Å². The molecule has 0 spiro atoms. The van der Waals surface area contributed by atoms with Crippen molar-refractivity contribution in [2.75, 3.05) is 7.11 Å². The first kappa shape index (κ1) is 18.2. The number of thiazole rings is 1. The van der Waals surface area contributed by atoms with E-state index in [1.165, 1.54) is 46.4 Å². The summed E-state index contributed by atoms with van der Waals surface area (Å²) in [6.07, 6.45) is 1.50. The second-order valence-corrected chi connectivity index (χ2v) is 7.45. The van der Waals surface area contributed by atoms with Gasteiger partial charge >= 0.3 is 5.69 Å². The number of halogens is 1. The lowest BCUT2D eigenvalue weighted by Gasteiger charge is -2.11. The molecule has 9 heteroatoms. The predicted octanol–water partition coefficient (Wildman–Crippen LogP) is 3.29. The number of benzene rings is 2. The van der Waals surface area contributed by atoms with Crippen molar-refractivity contribution in [1.82, 2.24) is 19.1 Å². The van der Waals surface area contributed by atoms with Crippen molar-refractivity contribution in [2.45, 2.75) is 0 Å². The second kappa shape index (κ2) is 6.89. The molecule has 3 aromatic heterocycles. The topological polar surface area (TPSA) is 79.0 Å². The van der Waals surface area contributed by atoms with E-state index in [1.807, 2.05) is 0 Å². The van der Waals surface area contributed by atoms with E-state index in [4.69, 9.17) is 4.74 Å². The molecule has 0 amide bonds. The summed E-state index contributed by atoms with van der Waals surface area (Å²) in [6.45, 7) is 0. The molecule has 0 atom stereocenters. The van der Waals surface area contributed by atoms with Crippen LogP contribution in [-0.4, -0.2) is 26.2 Å². The average Bonchev–Trinajstić information content (AvgIpc) is 3.17. The van der Waals surface area contributed by atoms with Crippen LogP contribution in [-0.2, 0) is 0 Å². The maximum atomic E-state index is 13.4. The number of rotatable bonds is 3. The highest BCUT2D eigenvalue weighted by Gasteiger charge is 2.19. The highest BCUT2D eigenvalue weighted by molar-refractivity contribution is 7.20. The van der Waals surface area contributed by atoms with Crippen LogP contribution in [0.3, 0.4) is 0 Å². The number of methoxy groups -OCH3 is 1. The van der Waals surface area contributed by atoms with Gasteiger partial charge in [0, 0.05) is 6.20 Å². The van der Waals surface area contributed by atoms with Gasteiger partial charge in [0.05, 0.1) is 28.4 Å². The van der Waals surface area contributed by atoms with Crippen LogP contribution < -0.4 is 16.0 Å². The first-order valence-electron chi connectivity index (χ1n) is 8.90. The van der Waals surface area contributed by atoms with Crippen molar-refractivity contribution in [3.63, 3.8) is 0 Å². The molecule has 0 aliphatic rings. The van der Waals surface area contributed by atoms with E-state index < -0.39 is 17.1 Å². The van der Waals surface area contributed by atoms with Crippen molar-refractivity contribution in [3.05, 3.63) is 87.4 Å². The summed E-state index contributed by atoms with van der Waals surface area (Å²) >= 11 is 1.20. The predicted molar refractivity (Wildman–Crippen MR) is 113 cm³/mol. The van der Waals surface area contributed by atoms with Crippen LogP contribution in [0.1, 0.15) is 0 Å². The third kappa shape index (κ3) is 2.79. The number of ether oxygens (including phenoxy) is 1. The first-order valence-corrected chi connectivity index (χ1v) is 9.72. The molecule has 5 rings (SSSR count). The van der Waals surface area contributed by atoms with Gasteiger partial charge in [-0.2, -0.15) is 0 Å². The lowest BCUT2D eigenvalue weighted by Crippen LogP contribution is -2.38. The van der Waals surface area contributed by atoms with Gasteiger partial charge in [-0.25, -0.2) is 28.3 Å². The normalized spacial score (nSPS) is 11.3. The Labute approximate surface area is 172 Å². The van der Waals surface area contributed by atoms with Crippen molar-refractivity contribution < 1.29 is 9.13 Å². The molecule has 5 aromatic rings. The summed E-state index contributed by atoms with van der Waals surface area (Å²) < 4.78 is 21.7. The lowest BCUT2D eigenvalue weighted by molar-refractivity contribution is 0.415. The third-order valence-corrected chi connectivity index (χ3v) is 5.68. The average molecular weight is 420 g/mol. The smallest absolute Gasteiger partial charge is 0.343 e. The summed E-state index contributed by atoms with van der Waals surface area (Å²) in [5.41, 5.74) is 0.0674. The zero-order valence-corrected chi connectivity index (χ0v) is 16.4. The Morgan fingerprint density at radius 1 is 1.03 bits per heavy atom. The molecular weight excluding hydrogens is 407 g/mol. The Balaban J connectivity index is 1.86. The van der Waals surface area contributed by atoms with Crippen LogP contribution in [0.4, 0.5) is 4.39 Å². The number of nitrogens with zero attached hydrogens (tertiary/aromatic N) is 4. The molecule has 0 aliphatic carbocycles. The molecule has 148 valence electrons. The monoisotopic (exact) mass is 420 g/mol. The second-order valence-electron chi connectivity index (χ2n) is 6.44. The largest absolute Gasteiger partial charge is 0.497 e. The van der Waals surface area contributed by atoms with Gasteiger partial charge < -0.3 is 4.74 Å². The number of aromatic nitrogens is 4. The molecule has 0 aliphatic heterocycles. The summed E-state index contributed by atoms with van der Waals surface area (Å²) in [6, 6.07) is 13.9. The van der Waals surface area contributed by atoms with E-state index in [0.29, 0.717) is 17.0 Å². The Bertz CT molecular complexity index is 1540. The van der Waals surface area contributed by atoms with Gasteiger partial charge in [-0.3, -0.25) is 4.79 Å². The van der Waals surface area contributed by atoms with E-state index >= 15 is 0 Å². The fourth-order valence-corrected chi connectivity index (χ4v) is 4.23. The van der Waals surface area contributed by atoms with Crippen molar-refractivity contribution in [3.8, 4) is 16.6 Å². The van der Waals surface area contributed by atoms with E-state index in [9.17, 15) is 14.0 Å². The van der Waals surface area contributed by atoms with Crippen molar-refractivity contribution >= 4 is 32.6 Å². The van der Waals surface area contributed by atoms with Gasteiger partial charge in [0.1, 0.15) is 11.6 Å². The number of hydrogen-bond acceptors (Lipinski definition) is 6. The summed E-state index contributed by atoms with van der Waals surface area (Å²) in [5, 5.41) is 0.480. The molecule has 0 N–H and O–H groups in total. The molecule has 0 radical (unpaired) electrons. The fraction of sp³-hybridized carbons (Fsp3) is 0.0476. The molecule has 3 heterocycles.